The number of nitrogens with zero attached hydrogens (tertiary/aromatic N) is 1. The topological polar surface area (TPSA) is 117 Å². The Labute approximate surface area is 202 Å². The average Bonchev–Trinajstić information content (AvgIpc) is 3.29. The molecule has 1 aromatic heterocycles. The third kappa shape index (κ3) is 4.03. The highest BCUT2D eigenvalue weighted by Crippen LogP contribution is 2.52. The van der Waals surface area contributed by atoms with Gasteiger partial charge in [0.15, 0.2) is 0 Å². The van der Waals surface area contributed by atoms with E-state index in [1.165, 1.54) is 5.56 Å². The Morgan fingerprint density at radius 1 is 1.06 bits per heavy atom. The van der Waals surface area contributed by atoms with Crippen LogP contribution in [0.2, 0.25) is 0 Å². The highest BCUT2D eigenvalue weighted by atomic mass is 32.2. The predicted molar refractivity (Wildman–Crippen MR) is 126 cm³/mol. The molecule has 2 aromatic carbocycles. The van der Waals surface area contributed by atoms with E-state index in [0.717, 1.165) is 39.1 Å². The van der Waals surface area contributed by atoms with Gasteiger partial charge in [-0.15, -0.1) is 0 Å². The molecule has 2 aliphatic heterocycles. The zero-order valence-electron chi connectivity index (χ0n) is 18.0. The van der Waals surface area contributed by atoms with E-state index in [9.17, 15) is 19.2 Å². The average molecular weight is 497 g/mol. The number of hydrogen-bond acceptors (Lipinski definition) is 7. The smallest absolute Gasteiger partial charge is 0.323 e. The van der Waals surface area contributed by atoms with Gasteiger partial charge in [0.05, 0.1) is 10.9 Å². The van der Waals surface area contributed by atoms with Gasteiger partial charge in [-0.05, 0) is 30.2 Å². The summed E-state index contributed by atoms with van der Waals surface area (Å²) in [4.78, 5) is 53.3. The SMILES string of the molecule is Cc1ccc(COc2ccc([C@@H]3c4sc(=O)[nH]c4SC4C(=O)N(CC(=O)O)C(=O)C43)cc2)cc1. The van der Waals surface area contributed by atoms with Crippen molar-refractivity contribution in [1.29, 1.82) is 0 Å². The van der Waals surface area contributed by atoms with E-state index in [4.69, 9.17) is 9.84 Å². The van der Waals surface area contributed by atoms with E-state index >= 15 is 0 Å². The van der Waals surface area contributed by atoms with Crippen LogP contribution in [0, 0.1) is 12.8 Å². The number of imide groups is 1. The summed E-state index contributed by atoms with van der Waals surface area (Å²) in [5, 5.41) is 8.93. The van der Waals surface area contributed by atoms with Crippen molar-refractivity contribution in [2.45, 2.75) is 29.7 Å². The molecule has 3 heterocycles. The van der Waals surface area contributed by atoms with E-state index in [-0.39, 0.29) is 4.87 Å². The molecule has 10 heteroatoms. The maximum absolute atomic E-state index is 13.2. The number of aryl methyl sites for hydroxylation is 1. The van der Waals surface area contributed by atoms with Gasteiger partial charge in [-0.3, -0.25) is 24.1 Å². The number of rotatable bonds is 6. The Balaban J connectivity index is 1.44. The van der Waals surface area contributed by atoms with Crippen LogP contribution in [0.4, 0.5) is 0 Å². The minimum atomic E-state index is -1.25. The Kier molecular flexibility index (Phi) is 5.78. The summed E-state index contributed by atoms with van der Waals surface area (Å²) in [6.07, 6.45) is 0. The normalized spacial score (nSPS) is 21.3. The van der Waals surface area contributed by atoms with Crippen LogP contribution in [0.1, 0.15) is 27.5 Å². The Bertz CT molecular complexity index is 1330. The third-order valence-corrected chi connectivity index (χ3v) is 8.38. The van der Waals surface area contributed by atoms with Crippen molar-refractivity contribution in [3.8, 4) is 5.75 Å². The molecule has 0 aliphatic carbocycles. The maximum atomic E-state index is 13.2. The maximum Gasteiger partial charge on any atom is 0.323 e. The van der Waals surface area contributed by atoms with Crippen LogP contribution >= 0.6 is 23.1 Å². The highest BCUT2D eigenvalue weighted by molar-refractivity contribution is 8.00. The molecule has 0 spiro atoms. The first-order valence-electron chi connectivity index (χ1n) is 10.6. The van der Waals surface area contributed by atoms with Crippen molar-refractivity contribution in [3.05, 3.63) is 79.8 Å². The number of fused-ring (bicyclic) bond motifs is 2. The molecule has 34 heavy (non-hydrogen) atoms. The largest absolute Gasteiger partial charge is 0.489 e. The van der Waals surface area contributed by atoms with Crippen LogP contribution in [0.15, 0.2) is 58.4 Å². The molecule has 8 nitrogen and oxygen atoms in total. The number of carbonyl (C=O) groups excluding carboxylic acids is 2. The minimum absolute atomic E-state index is 0.261. The van der Waals surface area contributed by atoms with Crippen LogP contribution < -0.4 is 9.61 Å². The van der Waals surface area contributed by atoms with E-state index in [2.05, 4.69) is 4.98 Å². The van der Waals surface area contributed by atoms with Crippen molar-refractivity contribution in [1.82, 2.24) is 9.88 Å². The number of carbonyl (C=O) groups is 3. The number of hydrogen-bond donors (Lipinski definition) is 2. The second-order valence-electron chi connectivity index (χ2n) is 8.25. The first-order valence-corrected chi connectivity index (χ1v) is 12.3. The first kappa shape index (κ1) is 22.4. The van der Waals surface area contributed by atoms with Gasteiger partial charge in [-0.1, -0.05) is 65.1 Å². The van der Waals surface area contributed by atoms with Crippen molar-refractivity contribution in [2.24, 2.45) is 5.92 Å². The van der Waals surface area contributed by atoms with E-state index in [1.807, 2.05) is 43.3 Å². The lowest BCUT2D eigenvalue weighted by Gasteiger charge is -2.29. The fourth-order valence-corrected chi connectivity index (χ4v) is 6.88. The minimum Gasteiger partial charge on any atom is -0.489 e. The molecule has 1 saturated heterocycles. The number of carboxylic acid groups (broad SMARTS) is 1. The lowest BCUT2D eigenvalue weighted by Crippen LogP contribution is -2.36. The molecule has 2 aliphatic rings. The lowest BCUT2D eigenvalue weighted by molar-refractivity contribution is -0.149. The van der Waals surface area contributed by atoms with Crippen LogP contribution in [0.3, 0.4) is 0 Å². The van der Waals surface area contributed by atoms with Crippen molar-refractivity contribution in [2.75, 3.05) is 6.54 Å². The van der Waals surface area contributed by atoms with Crippen molar-refractivity contribution >= 4 is 40.9 Å². The molecular weight excluding hydrogens is 476 g/mol. The standard InChI is InChI=1S/C24H20N2O6S2/c1-12-2-4-13(5-3-12)11-32-15-8-6-14(7-9-15)17-18-20(33-21-19(17)34-24(31)25-21)23(30)26(22(18)29)10-16(27)28/h2-9,17-18,20H,10-11H2,1H3,(H,25,31)(H,27,28)/t17-,18?,20?/m0/s1. The predicted octanol–water partition coefficient (Wildman–Crippen LogP) is 3.00. The number of aromatic nitrogens is 1. The van der Waals surface area contributed by atoms with Gasteiger partial charge < -0.3 is 14.8 Å². The molecule has 174 valence electrons. The van der Waals surface area contributed by atoms with Gasteiger partial charge in [0.25, 0.3) is 0 Å². The molecule has 2 N–H and O–H groups in total. The molecule has 3 aromatic rings. The summed E-state index contributed by atoms with van der Waals surface area (Å²) in [5.74, 6) is -2.99. The number of thiazole rings is 1. The summed E-state index contributed by atoms with van der Waals surface area (Å²) in [7, 11) is 0. The summed E-state index contributed by atoms with van der Waals surface area (Å²) in [5.41, 5.74) is 2.97. The number of nitrogens with one attached hydrogen (secondary N) is 1. The molecule has 0 saturated carbocycles. The highest BCUT2D eigenvalue weighted by Gasteiger charge is 2.56. The van der Waals surface area contributed by atoms with Gasteiger partial charge in [-0.2, -0.15) is 0 Å². The molecule has 0 radical (unpaired) electrons. The number of aromatic amines is 1. The lowest BCUT2D eigenvalue weighted by atomic mass is 9.83. The summed E-state index contributed by atoms with van der Waals surface area (Å²) in [6, 6.07) is 15.3. The number of thioether (sulfide) groups is 1. The van der Waals surface area contributed by atoms with Crippen LogP contribution in [0.5, 0.6) is 5.75 Å². The molecule has 3 atom stereocenters. The number of ether oxygens (including phenoxy) is 1. The summed E-state index contributed by atoms with van der Waals surface area (Å²) < 4.78 is 5.88. The van der Waals surface area contributed by atoms with Gasteiger partial charge in [-0.25, -0.2) is 0 Å². The zero-order valence-corrected chi connectivity index (χ0v) is 19.7. The zero-order chi connectivity index (χ0) is 24.0. The van der Waals surface area contributed by atoms with E-state index in [0.29, 0.717) is 22.3 Å². The van der Waals surface area contributed by atoms with Crippen molar-refractivity contribution < 1.29 is 24.2 Å². The number of aliphatic carboxylic acids is 1. The fourth-order valence-electron chi connectivity index (χ4n) is 4.35. The molecular formula is C24H20N2O6S2. The van der Waals surface area contributed by atoms with Gasteiger partial charge in [0, 0.05) is 10.8 Å². The fraction of sp³-hybridized carbons (Fsp3) is 0.250. The number of carboxylic acids is 1. The second-order valence-corrected chi connectivity index (χ2v) is 10.4. The quantitative estimate of drug-likeness (QED) is 0.504. The Morgan fingerprint density at radius 2 is 1.76 bits per heavy atom. The monoisotopic (exact) mass is 496 g/mol. The Hall–Kier alpha value is -3.37. The van der Waals surface area contributed by atoms with Crippen LogP contribution in [-0.2, 0) is 21.0 Å². The molecule has 2 unspecified atom stereocenters. The molecule has 1 fully saturated rings. The number of amides is 2. The van der Waals surface area contributed by atoms with Crippen LogP contribution in [-0.4, -0.2) is 44.6 Å². The number of benzene rings is 2. The van der Waals surface area contributed by atoms with Crippen molar-refractivity contribution in [3.63, 3.8) is 0 Å². The number of H-pyrrole nitrogens is 1. The van der Waals surface area contributed by atoms with E-state index < -0.39 is 41.4 Å². The van der Waals surface area contributed by atoms with Crippen LogP contribution in [0.25, 0.3) is 0 Å². The first-order chi connectivity index (χ1) is 16.3. The molecule has 2 amide bonds. The van der Waals surface area contributed by atoms with Gasteiger partial charge in [0.1, 0.15) is 24.2 Å². The third-order valence-electron chi connectivity index (χ3n) is 5.97. The summed E-state index contributed by atoms with van der Waals surface area (Å²) >= 11 is 2.14. The number of likely N-dealkylation sites (tertiary alicyclic amines) is 1. The molecule has 0 bridgehead atoms. The second kappa shape index (κ2) is 8.77. The summed E-state index contributed by atoms with van der Waals surface area (Å²) in [6.45, 7) is 1.76. The molecule has 5 rings (SSSR count). The van der Waals surface area contributed by atoms with Gasteiger partial charge in [0.2, 0.25) is 11.8 Å². The Morgan fingerprint density at radius 3 is 2.44 bits per heavy atom. The van der Waals surface area contributed by atoms with Gasteiger partial charge >= 0.3 is 10.8 Å². The van der Waals surface area contributed by atoms with E-state index in [1.54, 1.807) is 12.1 Å².